The van der Waals surface area contributed by atoms with Crippen LogP contribution in [0.4, 0.5) is 19.7 Å². The van der Waals surface area contributed by atoms with E-state index in [4.69, 9.17) is 20.2 Å². The van der Waals surface area contributed by atoms with Crippen LogP contribution in [0.25, 0.3) is 0 Å². The van der Waals surface area contributed by atoms with Crippen molar-refractivity contribution in [2.45, 2.75) is 117 Å². The molecule has 2 N–H and O–H groups in total. The predicted molar refractivity (Wildman–Crippen MR) is 152 cm³/mol. The highest BCUT2D eigenvalue weighted by molar-refractivity contribution is 7.81. The van der Waals surface area contributed by atoms with Crippen LogP contribution in [0, 0.1) is 11.7 Å². The number of halogens is 1. The highest BCUT2D eigenvalue weighted by atomic mass is 32.1. The number of imide groups is 1. The van der Waals surface area contributed by atoms with Gasteiger partial charge < -0.3 is 15.2 Å². The fraction of sp³-hybridized carbons (Fsp3) is 0.679. The van der Waals surface area contributed by atoms with E-state index >= 15 is 4.39 Å². The number of anilines is 1. The number of aliphatic imine (C=N–C) groups is 1. The van der Waals surface area contributed by atoms with Gasteiger partial charge in [-0.3, -0.25) is 4.99 Å². The largest absolute Gasteiger partial charge is 0.443 e. The SMILES string of the molecule is CCCCCCC(C)C(N=C(C(C)S)N(C(=O)OC(C)(C)C)C(=O)OC(C)(C)C)c1cc(N)ccc1F. The fourth-order valence-corrected chi connectivity index (χ4v) is 3.90. The third kappa shape index (κ3) is 11.3. The number of amidine groups is 1. The molecule has 0 aliphatic rings. The van der Waals surface area contributed by atoms with Gasteiger partial charge in [-0.2, -0.15) is 17.5 Å². The highest BCUT2D eigenvalue weighted by Gasteiger charge is 2.37. The summed E-state index contributed by atoms with van der Waals surface area (Å²) in [5, 5.41) is -0.682. The molecule has 1 rings (SSSR count). The Hall–Kier alpha value is -2.29. The van der Waals surface area contributed by atoms with Gasteiger partial charge >= 0.3 is 12.2 Å². The van der Waals surface area contributed by atoms with Gasteiger partial charge in [0.15, 0.2) is 0 Å². The first kappa shape index (κ1) is 32.7. The number of nitrogen functional groups attached to an aromatic ring is 1. The minimum atomic E-state index is -0.941. The number of benzene rings is 1. The molecule has 0 aromatic heterocycles. The van der Waals surface area contributed by atoms with Gasteiger partial charge in [-0.25, -0.2) is 14.0 Å². The van der Waals surface area contributed by atoms with Gasteiger partial charge in [0.25, 0.3) is 0 Å². The zero-order valence-electron chi connectivity index (χ0n) is 23.9. The van der Waals surface area contributed by atoms with E-state index in [1.807, 2.05) is 6.92 Å². The molecule has 37 heavy (non-hydrogen) atoms. The Bertz CT molecular complexity index is 910. The van der Waals surface area contributed by atoms with Crippen LogP contribution in [-0.2, 0) is 9.47 Å². The quantitative estimate of drug-likeness (QED) is 0.109. The molecule has 0 fully saturated rings. The number of rotatable bonds is 9. The lowest BCUT2D eigenvalue weighted by molar-refractivity contribution is 0.0143. The van der Waals surface area contributed by atoms with Crippen molar-refractivity contribution in [1.29, 1.82) is 0 Å². The van der Waals surface area contributed by atoms with E-state index in [0.717, 1.165) is 37.0 Å². The summed E-state index contributed by atoms with van der Waals surface area (Å²) >= 11 is 4.54. The maximum Gasteiger partial charge on any atom is 0.425 e. The minimum absolute atomic E-state index is 0.0130. The fourth-order valence-electron chi connectivity index (χ4n) is 3.71. The van der Waals surface area contributed by atoms with Crippen LogP contribution in [0.3, 0.4) is 0 Å². The van der Waals surface area contributed by atoms with Gasteiger partial charge in [0.1, 0.15) is 22.9 Å². The molecule has 0 aliphatic heterocycles. The van der Waals surface area contributed by atoms with Crippen molar-refractivity contribution in [3.05, 3.63) is 29.6 Å². The average Bonchev–Trinajstić information content (AvgIpc) is 2.73. The van der Waals surface area contributed by atoms with Crippen LogP contribution < -0.4 is 5.73 Å². The van der Waals surface area contributed by atoms with Crippen LogP contribution in [0.5, 0.6) is 0 Å². The van der Waals surface area contributed by atoms with Crippen molar-refractivity contribution < 1.29 is 23.5 Å². The summed E-state index contributed by atoms with van der Waals surface area (Å²) < 4.78 is 26.1. The molecule has 0 bridgehead atoms. The molecule has 0 heterocycles. The number of carbonyl (C=O) groups excluding carboxylic acids is 2. The number of hydrogen-bond acceptors (Lipinski definition) is 7. The van der Waals surface area contributed by atoms with Crippen molar-refractivity contribution >= 4 is 36.3 Å². The molecular weight excluding hydrogens is 493 g/mol. The van der Waals surface area contributed by atoms with Crippen molar-refractivity contribution in [2.75, 3.05) is 5.73 Å². The van der Waals surface area contributed by atoms with Gasteiger partial charge in [0, 0.05) is 11.3 Å². The Morgan fingerprint density at radius 2 is 1.57 bits per heavy atom. The normalized spacial score (nSPS) is 15.1. The van der Waals surface area contributed by atoms with Gasteiger partial charge in [-0.1, -0.05) is 39.5 Å². The molecule has 3 atom stereocenters. The monoisotopic (exact) mass is 539 g/mol. The Morgan fingerprint density at radius 1 is 1.03 bits per heavy atom. The molecular formula is C28H46FN3O4S. The van der Waals surface area contributed by atoms with Crippen LogP contribution in [0.1, 0.15) is 106 Å². The van der Waals surface area contributed by atoms with Crippen molar-refractivity contribution in [3.63, 3.8) is 0 Å². The summed E-state index contributed by atoms with van der Waals surface area (Å²) in [6, 6.07) is 3.63. The summed E-state index contributed by atoms with van der Waals surface area (Å²) in [4.78, 5) is 32.1. The lowest BCUT2D eigenvalue weighted by Crippen LogP contribution is -2.49. The lowest BCUT2D eigenvalue weighted by atomic mass is 9.89. The van der Waals surface area contributed by atoms with Gasteiger partial charge in [-0.05, 0) is 79.0 Å². The molecule has 1 aromatic carbocycles. The minimum Gasteiger partial charge on any atom is -0.443 e. The lowest BCUT2D eigenvalue weighted by Gasteiger charge is -2.31. The maximum atomic E-state index is 15.1. The number of unbranched alkanes of at least 4 members (excludes halogenated alkanes) is 3. The summed E-state index contributed by atoms with van der Waals surface area (Å²) in [5.74, 6) is -0.566. The van der Waals surface area contributed by atoms with Crippen LogP contribution in [0.2, 0.25) is 0 Å². The Labute approximate surface area is 227 Å². The number of carbonyl (C=O) groups is 2. The number of nitrogens with two attached hydrogens (primary N) is 1. The third-order valence-electron chi connectivity index (χ3n) is 5.42. The molecule has 9 heteroatoms. The van der Waals surface area contributed by atoms with Crippen molar-refractivity contribution in [3.8, 4) is 0 Å². The number of nitrogens with zero attached hydrogens (tertiary/aromatic N) is 2. The Balaban J connectivity index is 3.69. The summed E-state index contributed by atoms with van der Waals surface area (Å²) in [6.07, 6.45) is 3.09. The van der Waals surface area contributed by atoms with Crippen LogP contribution in [-0.4, -0.2) is 39.4 Å². The molecule has 1 aromatic rings. The van der Waals surface area contributed by atoms with Crippen molar-refractivity contribution in [1.82, 2.24) is 4.90 Å². The molecule has 0 saturated heterocycles. The molecule has 0 saturated carbocycles. The van der Waals surface area contributed by atoms with E-state index in [2.05, 4.69) is 19.6 Å². The predicted octanol–water partition coefficient (Wildman–Crippen LogP) is 7.94. The standard InChI is InChI=1S/C28H46FN3O4S/c1-10-11-12-13-14-18(2)23(21-17-20(30)15-16-22(21)29)31-24(19(3)37)32(25(33)35-27(4,5)6)26(34)36-28(7,8)9/h15-19,23,37H,10-14,30H2,1-9H3. The molecule has 0 radical (unpaired) electrons. The van der Waals surface area contributed by atoms with Crippen LogP contribution in [0.15, 0.2) is 23.2 Å². The smallest absolute Gasteiger partial charge is 0.425 e. The molecule has 0 aliphatic carbocycles. The summed E-state index contributed by atoms with van der Waals surface area (Å²) in [5.41, 5.74) is 4.93. The second kappa shape index (κ2) is 14.0. The van der Waals surface area contributed by atoms with Gasteiger partial charge in [0.2, 0.25) is 0 Å². The zero-order chi connectivity index (χ0) is 28.6. The first-order chi connectivity index (χ1) is 17.0. The van der Waals surface area contributed by atoms with Gasteiger partial charge in [-0.15, -0.1) is 0 Å². The molecule has 2 amide bonds. The van der Waals surface area contributed by atoms with E-state index in [9.17, 15) is 9.59 Å². The number of amides is 2. The second-order valence-corrected chi connectivity index (χ2v) is 12.3. The average molecular weight is 540 g/mol. The second-order valence-electron chi connectivity index (χ2n) is 11.5. The summed E-state index contributed by atoms with van der Waals surface area (Å²) in [6.45, 7) is 16.0. The molecule has 210 valence electrons. The zero-order valence-corrected chi connectivity index (χ0v) is 24.8. The first-order valence-electron chi connectivity index (χ1n) is 13.0. The van der Waals surface area contributed by atoms with Crippen molar-refractivity contribution in [2.24, 2.45) is 10.9 Å². The molecule has 3 unspecified atom stereocenters. The first-order valence-corrected chi connectivity index (χ1v) is 13.5. The maximum absolute atomic E-state index is 15.1. The molecule has 7 nitrogen and oxygen atoms in total. The number of thiol groups is 1. The third-order valence-corrected chi connectivity index (χ3v) is 5.65. The Kier molecular flexibility index (Phi) is 12.4. The van der Waals surface area contributed by atoms with E-state index in [-0.39, 0.29) is 11.8 Å². The van der Waals surface area contributed by atoms with E-state index < -0.39 is 40.5 Å². The van der Waals surface area contributed by atoms with E-state index in [1.54, 1.807) is 54.5 Å². The molecule has 0 spiro atoms. The van der Waals surface area contributed by atoms with Gasteiger partial charge in [0.05, 0.1) is 11.3 Å². The summed E-state index contributed by atoms with van der Waals surface area (Å²) in [7, 11) is 0. The Morgan fingerprint density at radius 3 is 2.03 bits per heavy atom. The van der Waals surface area contributed by atoms with Crippen LogP contribution >= 0.6 is 12.6 Å². The number of hydrogen-bond donors (Lipinski definition) is 2. The van der Waals surface area contributed by atoms with E-state index in [0.29, 0.717) is 11.3 Å². The highest BCUT2D eigenvalue weighted by Crippen LogP contribution is 2.34. The number of ether oxygens (including phenoxy) is 2. The topological polar surface area (TPSA) is 94.2 Å². The van der Waals surface area contributed by atoms with E-state index in [1.165, 1.54) is 12.1 Å².